The molecule has 0 atom stereocenters. The van der Waals surface area contributed by atoms with Crippen molar-refractivity contribution in [1.29, 1.82) is 0 Å². The van der Waals surface area contributed by atoms with E-state index in [1.54, 1.807) is 0 Å². The predicted molar refractivity (Wildman–Crippen MR) is 74.9 cm³/mol. The summed E-state index contributed by atoms with van der Waals surface area (Å²) in [6.45, 7) is 8.48. The fourth-order valence-corrected chi connectivity index (χ4v) is 1.20. The third kappa shape index (κ3) is 11.1. The Morgan fingerprint density at radius 3 is 1.05 bits per heavy atom. The van der Waals surface area contributed by atoms with Crippen molar-refractivity contribution >= 4 is 0 Å². The molecule has 0 fully saturated rings. The van der Waals surface area contributed by atoms with Crippen molar-refractivity contribution in [2.45, 2.75) is 27.7 Å². The van der Waals surface area contributed by atoms with E-state index < -0.39 is 0 Å². The summed E-state index contributed by atoms with van der Waals surface area (Å²) < 4.78 is 0. The van der Waals surface area contributed by atoms with Gasteiger partial charge in [0.25, 0.3) is 0 Å². The van der Waals surface area contributed by atoms with Gasteiger partial charge in [-0.15, -0.1) is 0 Å². The van der Waals surface area contributed by atoms with Gasteiger partial charge >= 0.3 is 26.2 Å². The summed E-state index contributed by atoms with van der Waals surface area (Å²) in [5.41, 5.74) is 5.56. The standard InChI is InChI=1S/2C7H9.2CH3O.Zr/c2*1-6-4-3-5-7(6)2;2*1-2;/h2*3-5H,1-2H3;2*1H3;/q4*-1;+4. The van der Waals surface area contributed by atoms with E-state index in [4.69, 9.17) is 10.2 Å². The molecule has 104 valence electrons. The van der Waals surface area contributed by atoms with Crippen LogP contribution in [0.3, 0.4) is 0 Å². The molecule has 2 rings (SSSR count). The molecule has 0 aliphatic heterocycles. The van der Waals surface area contributed by atoms with Gasteiger partial charge in [0.1, 0.15) is 0 Å². The van der Waals surface area contributed by atoms with Crippen LogP contribution >= 0.6 is 0 Å². The van der Waals surface area contributed by atoms with Crippen molar-refractivity contribution in [2.75, 3.05) is 14.2 Å². The van der Waals surface area contributed by atoms with Crippen LogP contribution in [-0.4, -0.2) is 14.2 Å². The normalized spacial score (nSPS) is 7.58. The summed E-state index contributed by atoms with van der Waals surface area (Å²) in [5, 5.41) is 16.5. The van der Waals surface area contributed by atoms with Crippen molar-refractivity contribution in [3.05, 3.63) is 58.7 Å². The first-order valence-corrected chi connectivity index (χ1v) is 5.80. The quantitative estimate of drug-likeness (QED) is 0.689. The zero-order chi connectivity index (χ0) is 14.6. The SMILES string of the molecule is C[O-].C[O-].Cc1ccc[c-]1C.Cc1ccc[c-]1C.[Zr+4]. The Morgan fingerprint density at radius 1 is 0.737 bits per heavy atom. The molecule has 19 heavy (non-hydrogen) atoms. The first-order valence-electron chi connectivity index (χ1n) is 5.80. The molecule has 0 aromatic heterocycles. The predicted octanol–water partition coefficient (Wildman–Crippen LogP) is 2.00. The van der Waals surface area contributed by atoms with E-state index >= 15 is 0 Å². The van der Waals surface area contributed by atoms with Gasteiger partial charge in [0.05, 0.1) is 0 Å². The van der Waals surface area contributed by atoms with E-state index in [0.717, 1.165) is 14.2 Å². The Morgan fingerprint density at radius 2 is 1.00 bits per heavy atom. The van der Waals surface area contributed by atoms with Crippen LogP contribution in [0.1, 0.15) is 22.3 Å². The Bertz CT molecular complexity index is 318. The van der Waals surface area contributed by atoms with Gasteiger partial charge in [0, 0.05) is 0 Å². The number of hydrogen-bond donors (Lipinski definition) is 0. The average molecular weight is 340 g/mol. The van der Waals surface area contributed by atoms with E-state index in [1.165, 1.54) is 22.3 Å². The minimum atomic E-state index is 0. The van der Waals surface area contributed by atoms with Gasteiger partial charge in [-0.1, -0.05) is 27.7 Å². The minimum Gasteiger partial charge on any atom is -0.857 e. The first kappa shape index (κ1) is 23.6. The summed E-state index contributed by atoms with van der Waals surface area (Å²) in [4.78, 5) is 0. The molecule has 0 saturated heterocycles. The van der Waals surface area contributed by atoms with Crippen LogP contribution in [0.4, 0.5) is 0 Å². The number of rotatable bonds is 0. The van der Waals surface area contributed by atoms with Gasteiger partial charge in [0.15, 0.2) is 0 Å². The minimum absolute atomic E-state index is 0. The van der Waals surface area contributed by atoms with E-state index in [9.17, 15) is 0 Å². The van der Waals surface area contributed by atoms with Crippen LogP contribution in [0, 0.1) is 27.7 Å². The van der Waals surface area contributed by atoms with E-state index in [1.807, 2.05) is 0 Å². The monoisotopic (exact) mass is 338 g/mol. The molecule has 0 N–H and O–H groups in total. The van der Waals surface area contributed by atoms with Gasteiger partial charge in [-0.3, -0.25) is 0 Å². The maximum Gasteiger partial charge on any atom is 4.00 e. The molecular formula is C16H24O2Zr. The Balaban J connectivity index is -0.000000205. The molecule has 2 nitrogen and oxygen atoms in total. The molecule has 2 aromatic rings. The van der Waals surface area contributed by atoms with Crippen molar-refractivity contribution in [3.63, 3.8) is 0 Å². The fraction of sp³-hybridized carbons (Fsp3) is 0.375. The maximum absolute atomic E-state index is 8.25. The van der Waals surface area contributed by atoms with Crippen LogP contribution in [0.15, 0.2) is 36.4 Å². The van der Waals surface area contributed by atoms with Crippen LogP contribution in [0.2, 0.25) is 0 Å². The molecular weight excluding hydrogens is 315 g/mol. The van der Waals surface area contributed by atoms with Gasteiger partial charge in [-0.05, 0) is 0 Å². The topological polar surface area (TPSA) is 46.1 Å². The second-order valence-corrected chi connectivity index (χ2v) is 3.78. The largest absolute Gasteiger partial charge is 4.00 e. The zero-order valence-electron chi connectivity index (χ0n) is 12.8. The Labute approximate surface area is 137 Å². The molecule has 3 heteroatoms. The van der Waals surface area contributed by atoms with E-state index in [2.05, 4.69) is 64.1 Å². The van der Waals surface area contributed by atoms with Crippen molar-refractivity contribution in [1.82, 2.24) is 0 Å². The molecule has 0 spiro atoms. The van der Waals surface area contributed by atoms with Crippen molar-refractivity contribution in [2.24, 2.45) is 0 Å². The van der Waals surface area contributed by atoms with Crippen LogP contribution in [-0.2, 0) is 26.2 Å². The van der Waals surface area contributed by atoms with Gasteiger partial charge in [0.2, 0.25) is 0 Å². The maximum atomic E-state index is 8.25. The molecule has 0 unspecified atom stereocenters. The first-order chi connectivity index (χ1) is 8.61. The molecule has 0 heterocycles. The molecule has 0 bridgehead atoms. The summed E-state index contributed by atoms with van der Waals surface area (Å²) in [7, 11) is 1.50. The number of aryl methyl sites for hydroxylation is 4. The molecule has 0 aliphatic rings. The second kappa shape index (κ2) is 15.6. The second-order valence-electron chi connectivity index (χ2n) is 3.78. The molecule has 0 saturated carbocycles. The summed E-state index contributed by atoms with van der Waals surface area (Å²) in [6.07, 6.45) is 0. The van der Waals surface area contributed by atoms with Gasteiger partial charge in [-0.2, -0.15) is 48.6 Å². The number of hydrogen-bond acceptors (Lipinski definition) is 2. The van der Waals surface area contributed by atoms with Crippen molar-refractivity contribution in [3.8, 4) is 0 Å². The van der Waals surface area contributed by atoms with Gasteiger partial charge < -0.3 is 10.2 Å². The van der Waals surface area contributed by atoms with Crippen LogP contribution < -0.4 is 10.2 Å². The van der Waals surface area contributed by atoms with Crippen LogP contribution in [0.5, 0.6) is 0 Å². The molecule has 0 amide bonds. The molecule has 0 aliphatic carbocycles. The smallest absolute Gasteiger partial charge is 0.857 e. The Kier molecular flexibility index (Phi) is 19.3. The molecule has 2 aromatic carbocycles. The zero-order valence-corrected chi connectivity index (χ0v) is 15.2. The van der Waals surface area contributed by atoms with Gasteiger partial charge in [-0.25, -0.2) is 24.3 Å². The summed E-state index contributed by atoms with van der Waals surface area (Å²) >= 11 is 0. The van der Waals surface area contributed by atoms with Crippen molar-refractivity contribution < 1.29 is 36.4 Å². The van der Waals surface area contributed by atoms with Crippen LogP contribution in [0.25, 0.3) is 0 Å². The third-order valence-electron chi connectivity index (χ3n) is 2.63. The average Bonchev–Trinajstić information content (AvgIpc) is 2.96. The van der Waals surface area contributed by atoms with E-state index in [0.29, 0.717) is 0 Å². The Hall–Kier alpha value is -0.497. The third-order valence-corrected chi connectivity index (χ3v) is 2.63. The fourth-order valence-electron chi connectivity index (χ4n) is 1.20. The molecule has 0 radical (unpaired) electrons. The summed E-state index contributed by atoms with van der Waals surface area (Å²) in [5.74, 6) is 0. The van der Waals surface area contributed by atoms with E-state index in [-0.39, 0.29) is 26.2 Å². The summed E-state index contributed by atoms with van der Waals surface area (Å²) in [6, 6.07) is 12.6.